The number of carbonyl (C=O) groups is 1. The number of hydrogen-bond acceptors (Lipinski definition) is 4. The smallest absolute Gasteiger partial charge is 0.253 e. The summed E-state index contributed by atoms with van der Waals surface area (Å²) in [6, 6.07) is 11.5. The number of halogens is 1. The lowest BCUT2D eigenvalue weighted by Crippen LogP contribution is -2.26. The van der Waals surface area contributed by atoms with E-state index in [1.54, 1.807) is 11.8 Å². The van der Waals surface area contributed by atoms with Gasteiger partial charge >= 0.3 is 0 Å². The van der Waals surface area contributed by atoms with Gasteiger partial charge in [-0.2, -0.15) is 0 Å². The summed E-state index contributed by atoms with van der Waals surface area (Å²) < 4.78 is 0. The minimum absolute atomic E-state index is 0.236. The number of nitrogens with two attached hydrogens (primary N) is 1. The first kappa shape index (κ1) is 14.7. The van der Waals surface area contributed by atoms with Crippen LogP contribution in [-0.4, -0.2) is 23.2 Å². The van der Waals surface area contributed by atoms with Crippen molar-refractivity contribution in [3.05, 3.63) is 53.3 Å². The van der Waals surface area contributed by atoms with Crippen LogP contribution >= 0.6 is 23.4 Å². The normalized spacial score (nSPS) is 10.2. The molecule has 0 atom stereocenters. The number of carbonyl (C=O) groups excluding carboxylic acids is 1. The summed E-state index contributed by atoms with van der Waals surface area (Å²) in [5.74, 6) is 0.551. The van der Waals surface area contributed by atoms with Crippen molar-refractivity contribution in [2.75, 3.05) is 18.0 Å². The van der Waals surface area contributed by atoms with Crippen molar-refractivity contribution in [3.63, 3.8) is 0 Å². The lowest BCUT2D eigenvalue weighted by atomic mass is 10.2. The first-order valence-electron chi connectivity index (χ1n) is 6.04. The Labute approximate surface area is 126 Å². The molecule has 0 saturated heterocycles. The number of nitrogens with one attached hydrogen (secondary N) is 1. The van der Waals surface area contributed by atoms with Gasteiger partial charge in [-0.1, -0.05) is 29.8 Å². The van der Waals surface area contributed by atoms with Gasteiger partial charge in [-0.05, 0) is 18.2 Å². The fraction of sp³-hybridized carbons (Fsp3) is 0.143. The van der Waals surface area contributed by atoms with E-state index in [0.717, 1.165) is 5.75 Å². The number of aromatic nitrogens is 1. The molecule has 0 fully saturated rings. The molecule has 0 bridgehead atoms. The van der Waals surface area contributed by atoms with Gasteiger partial charge in [-0.3, -0.25) is 4.79 Å². The maximum absolute atomic E-state index is 11.9. The van der Waals surface area contributed by atoms with Crippen LogP contribution in [0.5, 0.6) is 0 Å². The van der Waals surface area contributed by atoms with Gasteiger partial charge in [0.25, 0.3) is 5.91 Å². The van der Waals surface area contributed by atoms with Crippen LogP contribution in [0.2, 0.25) is 5.15 Å². The van der Waals surface area contributed by atoms with E-state index in [0.29, 0.717) is 17.8 Å². The molecule has 0 radical (unpaired) electrons. The van der Waals surface area contributed by atoms with Crippen molar-refractivity contribution < 1.29 is 4.79 Å². The molecule has 1 aromatic heterocycles. The van der Waals surface area contributed by atoms with Gasteiger partial charge in [0.05, 0.1) is 17.4 Å². The molecular formula is C14H14ClN3OS. The zero-order valence-electron chi connectivity index (χ0n) is 10.7. The summed E-state index contributed by atoms with van der Waals surface area (Å²) in [5, 5.41) is 3.06. The Morgan fingerprint density at radius 1 is 1.35 bits per heavy atom. The second-order valence-electron chi connectivity index (χ2n) is 4.01. The Balaban J connectivity index is 1.82. The second kappa shape index (κ2) is 7.17. The number of hydrogen-bond donors (Lipinski definition) is 2. The first-order chi connectivity index (χ1) is 9.66. The molecule has 1 amide bonds. The molecule has 3 N–H and O–H groups in total. The summed E-state index contributed by atoms with van der Waals surface area (Å²) >= 11 is 7.43. The Kier molecular flexibility index (Phi) is 5.26. The Morgan fingerprint density at radius 2 is 2.10 bits per heavy atom. The highest BCUT2D eigenvalue weighted by molar-refractivity contribution is 7.99. The van der Waals surface area contributed by atoms with Crippen molar-refractivity contribution in [3.8, 4) is 0 Å². The van der Waals surface area contributed by atoms with Crippen molar-refractivity contribution in [1.82, 2.24) is 10.3 Å². The zero-order chi connectivity index (χ0) is 14.4. The third-order valence-electron chi connectivity index (χ3n) is 2.55. The minimum atomic E-state index is -0.236. The van der Waals surface area contributed by atoms with Gasteiger partial charge in [0, 0.05) is 17.2 Å². The van der Waals surface area contributed by atoms with E-state index in [2.05, 4.69) is 10.3 Å². The largest absolute Gasteiger partial charge is 0.397 e. The Bertz CT molecular complexity index is 592. The van der Waals surface area contributed by atoms with Crippen molar-refractivity contribution >= 4 is 35.0 Å². The molecule has 0 spiro atoms. The number of pyridine rings is 1. The lowest BCUT2D eigenvalue weighted by molar-refractivity contribution is 0.0957. The van der Waals surface area contributed by atoms with E-state index in [1.165, 1.54) is 17.2 Å². The predicted octanol–water partition coefficient (Wildman–Crippen LogP) is 2.84. The van der Waals surface area contributed by atoms with Crippen LogP contribution < -0.4 is 11.1 Å². The second-order valence-corrected chi connectivity index (χ2v) is 5.57. The topological polar surface area (TPSA) is 68.0 Å². The predicted molar refractivity (Wildman–Crippen MR) is 83.2 cm³/mol. The monoisotopic (exact) mass is 307 g/mol. The van der Waals surface area contributed by atoms with Crippen LogP contribution in [0.4, 0.5) is 5.69 Å². The average molecular weight is 308 g/mol. The number of amides is 1. The molecule has 2 aromatic rings. The van der Waals surface area contributed by atoms with Gasteiger partial charge in [0.15, 0.2) is 0 Å². The molecule has 0 aliphatic heterocycles. The highest BCUT2D eigenvalue weighted by atomic mass is 35.5. The molecule has 0 unspecified atom stereocenters. The number of rotatable bonds is 5. The molecule has 4 nitrogen and oxygen atoms in total. The highest BCUT2D eigenvalue weighted by Crippen LogP contribution is 2.17. The Morgan fingerprint density at radius 3 is 2.85 bits per heavy atom. The molecule has 0 aliphatic rings. The van der Waals surface area contributed by atoms with E-state index >= 15 is 0 Å². The average Bonchev–Trinajstić information content (AvgIpc) is 2.47. The summed E-state index contributed by atoms with van der Waals surface area (Å²) in [6.45, 7) is 0.553. The van der Waals surface area contributed by atoms with Gasteiger partial charge in [-0.25, -0.2) is 4.98 Å². The molecule has 1 heterocycles. The maximum atomic E-state index is 11.9. The van der Waals surface area contributed by atoms with Crippen LogP contribution in [0.15, 0.2) is 47.5 Å². The van der Waals surface area contributed by atoms with Crippen LogP contribution in [-0.2, 0) is 0 Å². The molecule has 20 heavy (non-hydrogen) atoms. The van der Waals surface area contributed by atoms with E-state index in [1.807, 2.05) is 30.3 Å². The number of nitrogen functional groups attached to an aromatic ring is 1. The number of nitrogens with zero attached hydrogens (tertiary/aromatic N) is 1. The molecule has 1 aromatic carbocycles. The summed E-state index contributed by atoms with van der Waals surface area (Å²) in [7, 11) is 0. The Hall–Kier alpha value is -1.72. The van der Waals surface area contributed by atoms with Crippen LogP contribution in [0.25, 0.3) is 0 Å². The van der Waals surface area contributed by atoms with Crippen LogP contribution in [0.3, 0.4) is 0 Å². The molecule has 2 rings (SSSR count). The van der Waals surface area contributed by atoms with Crippen molar-refractivity contribution in [2.45, 2.75) is 4.90 Å². The number of benzene rings is 1. The van der Waals surface area contributed by atoms with Gasteiger partial charge in [-0.15, -0.1) is 11.8 Å². The molecular weight excluding hydrogens is 294 g/mol. The van der Waals surface area contributed by atoms with E-state index in [4.69, 9.17) is 17.3 Å². The van der Waals surface area contributed by atoms with Gasteiger partial charge < -0.3 is 11.1 Å². The summed E-state index contributed by atoms with van der Waals surface area (Å²) in [6.07, 6.45) is 1.38. The third kappa shape index (κ3) is 4.15. The van der Waals surface area contributed by atoms with Gasteiger partial charge in [0.2, 0.25) is 0 Å². The molecule has 6 heteroatoms. The van der Waals surface area contributed by atoms with E-state index in [9.17, 15) is 4.79 Å². The molecule has 0 saturated carbocycles. The number of anilines is 1. The molecule has 104 valence electrons. The van der Waals surface area contributed by atoms with E-state index in [-0.39, 0.29) is 11.1 Å². The summed E-state index contributed by atoms with van der Waals surface area (Å²) in [5.41, 5.74) is 6.38. The summed E-state index contributed by atoms with van der Waals surface area (Å²) in [4.78, 5) is 16.9. The van der Waals surface area contributed by atoms with Gasteiger partial charge in [0.1, 0.15) is 5.15 Å². The fourth-order valence-corrected chi connectivity index (χ4v) is 2.53. The van der Waals surface area contributed by atoms with Crippen molar-refractivity contribution in [2.24, 2.45) is 0 Å². The standard InChI is InChI=1S/C14H14ClN3OS/c15-13-8-11(12(16)9-18-13)14(19)17-6-7-20-10-4-2-1-3-5-10/h1-5,8-9H,6-7,16H2,(H,17,19). The number of thioether (sulfide) groups is 1. The van der Waals surface area contributed by atoms with Crippen LogP contribution in [0, 0.1) is 0 Å². The quantitative estimate of drug-likeness (QED) is 0.506. The fourth-order valence-electron chi connectivity index (χ4n) is 1.58. The maximum Gasteiger partial charge on any atom is 0.253 e. The highest BCUT2D eigenvalue weighted by Gasteiger charge is 2.10. The lowest BCUT2D eigenvalue weighted by Gasteiger charge is -2.07. The first-order valence-corrected chi connectivity index (χ1v) is 7.40. The SMILES string of the molecule is Nc1cnc(Cl)cc1C(=O)NCCSc1ccccc1. The minimum Gasteiger partial charge on any atom is -0.397 e. The third-order valence-corrected chi connectivity index (χ3v) is 3.77. The molecule has 0 aliphatic carbocycles. The van der Waals surface area contributed by atoms with Crippen LogP contribution in [0.1, 0.15) is 10.4 Å². The van der Waals surface area contributed by atoms with Crippen molar-refractivity contribution in [1.29, 1.82) is 0 Å². The zero-order valence-corrected chi connectivity index (χ0v) is 12.2. The van der Waals surface area contributed by atoms with E-state index < -0.39 is 0 Å².